The fourth-order valence-corrected chi connectivity index (χ4v) is 2.86. The molecule has 0 aliphatic carbocycles. The van der Waals surface area contributed by atoms with Crippen molar-refractivity contribution in [2.45, 2.75) is 19.3 Å². The monoisotopic (exact) mass is 356 g/mol. The Hall–Kier alpha value is -2.62. The Bertz CT molecular complexity index is 913. The number of halogens is 3. The van der Waals surface area contributed by atoms with E-state index in [1.165, 1.54) is 11.3 Å². The molecule has 0 aliphatic heterocycles. The third kappa shape index (κ3) is 3.32. The minimum atomic E-state index is -4.75. The van der Waals surface area contributed by atoms with Crippen LogP contribution in [-0.2, 0) is 24.1 Å². The normalized spacial score (nSPS) is 11.8. The van der Waals surface area contributed by atoms with E-state index in [0.717, 1.165) is 21.8 Å². The molecular formula is C14H11F3N4O2S. The lowest BCUT2D eigenvalue weighted by Crippen LogP contribution is -2.34. The van der Waals surface area contributed by atoms with Crippen LogP contribution in [0.4, 0.5) is 13.2 Å². The van der Waals surface area contributed by atoms with E-state index in [1.54, 1.807) is 10.6 Å². The highest BCUT2D eigenvalue weighted by molar-refractivity contribution is 7.15. The quantitative estimate of drug-likeness (QED) is 0.776. The lowest BCUT2D eigenvalue weighted by atomic mass is 10.2. The third-order valence-corrected chi connectivity index (χ3v) is 4.02. The second-order valence-electron chi connectivity index (χ2n) is 4.95. The number of fused-ring (bicyclic) bond motifs is 1. The van der Waals surface area contributed by atoms with Crippen LogP contribution in [-0.4, -0.2) is 19.9 Å². The van der Waals surface area contributed by atoms with Crippen molar-refractivity contribution >= 4 is 22.2 Å². The highest BCUT2D eigenvalue weighted by atomic mass is 32.1. The summed E-state index contributed by atoms with van der Waals surface area (Å²) >= 11 is 1.44. The average molecular weight is 356 g/mol. The van der Waals surface area contributed by atoms with Gasteiger partial charge in [0.25, 0.3) is 5.56 Å². The Labute approximate surface area is 137 Å². The number of hydrogen-bond donors (Lipinski definition) is 1. The van der Waals surface area contributed by atoms with E-state index in [2.05, 4.69) is 10.3 Å². The standard InChI is InChI=1S/C14H11F3N4O2S/c15-14(16,17)10-2-1-3-20(12(10)23)8-11(22)18-6-9-7-21-4-5-24-13(21)19-9/h1-5,7H,6,8H2,(H,18,22). The van der Waals surface area contributed by atoms with E-state index in [1.807, 2.05) is 11.6 Å². The van der Waals surface area contributed by atoms with E-state index in [0.29, 0.717) is 11.8 Å². The molecule has 1 N–H and O–H groups in total. The Morgan fingerprint density at radius 2 is 2.12 bits per heavy atom. The number of hydrogen-bond acceptors (Lipinski definition) is 4. The van der Waals surface area contributed by atoms with Gasteiger partial charge in [0.1, 0.15) is 12.1 Å². The van der Waals surface area contributed by atoms with E-state index in [-0.39, 0.29) is 6.54 Å². The van der Waals surface area contributed by atoms with Gasteiger partial charge < -0.3 is 9.88 Å². The summed E-state index contributed by atoms with van der Waals surface area (Å²) in [4.78, 5) is 28.7. The first-order valence-corrected chi connectivity index (χ1v) is 7.67. The Morgan fingerprint density at radius 3 is 2.83 bits per heavy atom. The maximum Gasteiger partial charge on any atom is 0.421 e. The number of amides is 1. The molecule has 0 spiro atoms. The Kier molecular flexibility index (Phi) is 4.14. The molecule has 24 heavy (non-hydrogen) atoms. The SMILES string of the molecule is O=C(Cn1cccc(C(F)(F)F)c1=O)NCc1cn2ccsc2n1. The molecule has 0 aromatic carbocycles. The predicted octanol–water partition coefficient (Wildman–Crippen LogP) is 1.89. The molecule has 0 unspecified atom stereocenters. The van der Waals surface area contributed by atoms with Crippen LogP contribution in [0.1, 0.15) is 11.3 Å². The van der Waals surface area contributed by atoms with Crippen molar-refractivity contribution in [3.63, 3.8) is 0 Å². The molecule has 0 radical (unpaired) electrons. The number of nitrogens with zero attached hydrogens (tertiary/aromatic N) is 3. The average Bonchev–Trinajstić information content (AvgIpc) is 3.07. The fraction of sp³-hybridized carbons (Fsp3) is 0.214. The maximum absolute atomic E-state index is 12.7. The van der Waals surface area contributed by atoms with E-state index < -0.39 is 29.8 Å². The van der Waals surface area contributed by atoms with Crippen LogP contribution in [0.2, 0.25) is 0 Å². The number of aromatic nitrogens is 3. The summed E-state index contributed by atoms with van der Waals surface area (Å²) in [5, 5.41) is 4.40. The highest BCUT2D eigenvalue weighted by Gasteiger charge is 2.34. The molecule has 0 aliphatic rings. The second kappa shape index (κ2) is 6.11. The molecule has 126 valence electrons. The number of pyridine rings is 1. The Balaban J connectivity index is 1.67. The van der Waals surface area contributed by atoms with E-state index >= 15 is 0 Å². The topological polar surface area (TPSA) is 68.4 Å². The highest BCUT2D eigenvalue weighted by Crippen LogP contribution is 2.25. The zero-order chi connectivity index (χ0) is 17.3. The number of imidazole rings is 1. The minimum Gasteiger partial charge on any atom is -0.349 e. The van der Waals surface area contributed by atoms with Crippen LogP contribution in [0, 0.1) is 0 Å². The van der Waals surface area contributed by atoms with Gasteiger partial charge in [-0.1, -0.05) is 0 Å². The first-order chi connectivity index (χ1) is 11.3. The van der Waals surface area contributed by atoms with Gasteiger partial charge in [-0.15, -0.1) is 11.3 Å². The number of rotatable bonds is 4. The van der Waals surface area contributed by atoms with Gasteiger partial charge >= 0.3 is 6.18 Å². The van der Waals surface area contributed by atoms with Gasteiger partial charge in [0.2, 0.25) is 5.91 Å². The molecule has 0 bridgehead atoms. The zero-order valence-corrected chi connectivity index (χ0v) is 12.9. The van der Waals surface area contributed by atoms with Crippen LogP contribution < -0.4 is 10.9 Å². The van der Waals surface area contributed by atoms with Crippen LogP contribution in [0.15, 0.2) is 40.9 Å². The van der Waals surface area contributed by atoms with Gasteiger partial charge in [-0.25, -0.2) is 4.98 Å². The molecule has 3 aromatic rings. The Morgan fingerprint density at radius 1 is 1.33 bits per heavy atom. The molecule has 3 aromatic heterocycles. The predicted molar refractivity (Wildman–Crippen MR) is 80.6 cm³/mol. The summed E-state index contributed by atoms with van der Waals surface area (Å²) in [5.41, 5.74) is -1.93. The third-order valence-electron chi connectivity index (χ3n) is 3.25. The second-order valence-corrected chi connectivity index (χ2v) is 5.83. The molecule has 1 amide bonds. The van der Waals surface area contributed by atoms with Gasteiger partial charge in [0.05, 0.1) is 12.2 Å². The number of nitrogens with one attached hydrogen (secondary N) is 1. The smallest absolute Gasteiger partial charge is 0.349 e. The summed E-state index contributed by atoms with van der Waals surface area (Å²) < 4.78 is 40.6. The number of thiazole rings is 1. The maximum atomic E-state index is 12.7. The van der Waals surface area contributed by atoms with Gasteiger partial charge in [0.15, 0.2) is 4.96 Å². The van der Waals surface area contributed by atoms with E-state index in [4.69, 9.17) is 0 Å². The summed E-state index contributed by atoms with van der Waals surface area (Å²) in [5.74, 6) is -0.576. The minimum absolute atomic E-state index is 0.126. The number of carbonyl (C=O) groups excluding carboxylic acids is 1. The van der Waals surface area contributed by atoms with Crippen LogP contribution in [0.5, 0.6) is 0 Å². The molecule has 3 rings (SSSR count). The number of alkyl halides is 3. The molecular weight excluding hydrogens is 345 g/mol. The van der Waals surface area contributed by atoms with Crippen LogP contribution in [0.25, 0.3) is 4.96 Å². The van der Waals surface area contributed by atoms with Crippen molar-refractivity contribution in [2.75, 3.05) is 0 Å². The molecule has 0 fully saturated rings. The van der Waals surface area contributed by atoms with Crippen molar-refractivity contribution in [1.29, 1.82) is 0 Å². The number of carbonyl (C=O) groups is 1. The van der Waals surface area contributed by atoms with Gasteiger partial charge in [-0.05, 0) is 12.1 Å². The lowest BCUT2D eigenvalue weighted by Gasteiger charge is -2.10. The summed E-state index contributed by atoms with van der Waals surface area (Å²) in [6.45, 7) is -0.369. The molecule has 3 heterocycles. The van der Waals surface area contributed by atoms with E-state index in [9.17, 15) is 22.8 Å². The molecule has 10 heteroatoms. The summed E-state index contributed by atoms with van der Waals surface area (Å²) in [6.07, 6.45) is -0.0500. The summed E-state index contributed by atoms with van der Waals surface area (Å²) in [6, 6.07) is 1.77. The molecule has 0 saturated heterocycles. The van der Waals surface area contributed by atoms with Crippen molar-refractivity contribution in [1.82, 2.24) is 19.3 Å². The van der Waals surface area contributed by atoms with Crippen molar-refractivity contribution in [3.05, 3.63) is 57.7 Å². The van der Waals surface area contributed by atoms with Crippen LogP contribution >= 0.6 is 11.3 Å². The largest absolute Gasteiger partial charge is 0.421 e. The summed E-state index contributed by atoms with van der Waals surface area (Å²) in [7, 11) is 0. The van der Waals surface area contributed by atoms with Crippen LogP contribution in [0.3, 0.4) is 0 Å². The first-order valence-electron chi connectivity index (χ1n) is 6.79. The van der Waals surface area contributed by atoms with Gasteiger partial charge in [-0.2, -0.15) is 13.2 Å². The molecule has 0 saturated carbocycles. The van der Waals surface area contributed by atoms with Crippen molar-refractivity contribution < 1.29 is 18.0 Å². The lowest BCUT2D eigenvalue weighted by molar-refractivity contribution is -0.139. The fourth-order valence-electron chi connectivity index (χ4n) is 2.14. The molecule has 0 atom stereocenters. The zero-order valence-electron chi connectivity index (χ0n) is 12.1. The van der Waals surface area contributed by atoms with Gasteiger partial charge in [-0.3, -0.25) is 14.0 Å². The first kappa shape index (κ1) is 16.2. The molecule has 6 nitrogen and oxygen atoms in total. The van der Waals surface area contributed by atoms with Crippen molar-refractivity contribution in [3.8, 4) is 0 Å². The van der Waals surface area contributed by atoms with Gasteiger partial charge in [0, 0.05) is 24.0 Å². The van der Waals surface area contributed by atoms with Crippen molar-refractivity contribution in [2.24, 2.45) is 0 Å².